The molecule has 0 radical (unpaired) electrons. The number of aliphatic hydroxyl groups is 1. The van der Waals surface area contributed by atoms with Gasteiger partial charge in [-0.3, -0.25) is 0 Å². The van der Waals surface area contributed by atoms with Gasteiger partial charge in [0, 0.05) is 6.61 Å². The molecular weight excluding hydrogens is 164 g/mol. The van der Waals surface area contributed by atoms with Gasteiger partial charge in [-0.05, 0) is 31.1 Å². The van der Waals surface area contributed by atoms with E-state index in [1.165, 1.54) is 0 Å². The Kier molecular flexibility index (Phi) is 4.20. The van der Waals surface area contributed by atoms with Crippen LogP contribution in [0.2, 0.25) is 0 Å². The van der Waals surface area contributed by atoms with Gasteiger partial charge in [-0.2, -0.15) is 0 Å². The van der Waals surface area contributed by atoms with Crippen LogP contribution in [0.1, 0.15) is 40.0 Å². The maximum Gasteiger partial charge on any atom is 0.0593 e. The fourth-order valence-electron chi connectivity index (χ4n) is 2.05. The molecule has 3 unspecified atom stereocenters. The molecule has 0 spiro atoms. The summed E-state index contributed by atoms with van der Waals surface area (Å²) in [6.07, 6.45) is 3.37. The summed E-state index contributed by atoms with van der Waals surface area (Å²) >= 11 is 0. The molecule has 2 nitrogen and oxygen atoms in total. The van der Waals surface area contributed by atoms with E-state index in [1.807, 2.05) is 0 Å². The molecular formula is C11H22O2. The van der Waals surface area contributed by atoms with Gasteiger partial charge in [0.25, 0.3) is 0 Å². The number of hydrogen-bond acceptors (Lipinski definition) is 2. The molecule has 1 heterocycles. The molecule has 1 aliphatic heterocycles. The summed E-state index contributed by atoms with van der Waals surface area (Å²) in [7, 11) is 0. The summed E-state index contributed by atoms with van der Waals surface area (Å²) in [6.45, 7) is 7.14. The Bertz CT molecular complexity index is 145. The lowest BCUT2D eigenvalue weighted by Crippen LogP contribution is -2.35. The number of ether oxygens (including phenoxy) is 1. The molecule has 1 rings (SSSR count). The Morgan fingerprint density at radius 1 is 1.46 bits per heavy atom. The van der Waals surface area contributed by atoms with Crippen LogP contribution in [0, 0.1) is 11.8 Å². The van der Waals surface area contributed by atoms with Gasteiger partial charge in [-0.25, -0.2) is 0 Å². The third-order valence-corrected chi connectivity index (χ3v) is 3.03. The quantitative estimate of drug-likeness (QED) is 0.732. The Morgan fingerprint density at radius 3 is 2.69 bits per heavy atom. The van der Waals surface area contributed by atoms with Crippen LogP contribution in [-0.2, 0) is 4.74 Å². The van der Waals surface area contributed by atoms with E-state index in [9.17, 15) is 5.11 Å². The van der Waals surface area contributed by atoms with Crippen molar-refractivity contribution in [2.45, 2.75) is 52.2 Å². The second kappa shape index (κ2) is 4.97. The first-order chi connectivity index (χ1) is 6.15. The lowest BCUT2D eigenvalue weighted by atomic mass is 9.84. The van der Waals surface area contributed by atoms with Crippen LogP contribution in [0.25, 0.3) is 0 Å². The highest BCUT2D eigenvalue weighted by Crippen LogP contribution is 2.27. The predicted molar refractivity (Wildman–Crippen MR) is 53.6 cm³/mol. The summed E-state index contributed by atoms with van der Waals surface area (Å²) in [5.41, 5.74) is 0. The van der Waals surface area contributed by atoms with Crippen molar-refractivity contribution in [1.82, 2.24) is 0 Å². The SMILES string of the molecule is CCC1CC(C(O)C(C)C)CCO1. The first-order valence-corrected chi connectivity index (χ1v) is 5.44. The van der Waals surface area contributed by atoms with Gasteiger partial charge in [0.15, 0.2) is 0 Å². The molecule has 1 aliphatic rings. The van der Waals surface area contributed by atoms with Crippen LogP contribution in [-0.4, -0.2) is 23.9 Å². The first kappa shape index (κ1) is 11.0. The second-order valence-electron chi connectivity index (χ2n) is 4.42. The van der Waals surface area contributed by atoms with Gasteiger partial charge in [-0.1, -0.05) is 20.8 Å². The fraction of sp³-hybridized carbons (Fsp3) is 1.00. The summed E-state index contributed by atoms with van der Waals surface area (Å²) in [5, 5.41) is 9.91. The van der Waals surface area contributed by atoms with Gasteiger partial charge in [0.2, 0.25) is 0 Å². The normalized spacial score (nSPS) is 32.1. The van der Waals surface area contributed by atoms with Crippen molar-refractivity contribution >= 4 is 0 Å². The van der Waals surface area contributed by atoms with Crippen LogP contribution in [0.4, 0.5) is 0 Å². The van der Waals surface area contributed by atoms with Gasteiger partial charge in [0.1, 0.15) is 0 Å². The summed E-state index contributed by atoms with van der Waals surface area (Å²) < 4.78 is 5.58. The van der Waals surface area contributed by atoms with E-state index in [0.29, 0.717) is 17.9 Å². The highest BCUT2D eigenvalue weighted by molar-refractivity contribution is 4.78. The summed E-state index contributed by atoms with van der Waals surface area (Å²) in [5.74, 6) is 0.833. The van der Waals surface area contributed by atoms with E-state index in [4.69, 9.17) is 4.74 Å². The molecule has 0 aliphatic carbocycles. The molecule has 1 N–H and O–H groups in total. The van der Waals surface area contributed by atoms with E-state index in [2.05, 4.69) is 20.8 Å². The van der Waals surface area contributed by atoms with E-state index in [1.54, 1.807) is 0 Å². The molecule has 3 atom stereocenters. The molecule has 78 valence electrons. The minimum Gasteiger partial charge on any atom is -0.393 e. The van der Waals surface area contributed by atoms with Crippen molar-refractivity contribution in [3.63, 3.8) is 0 Å². The van der Waals surface area contributed by atoms with Crippen molar-refractivity contribution < 1.29 is 9.84 Å². The molecule has 1 fully saturated rings. The smallest absolute Gasteiger partial charge is 0.0593 e. The highest BCUT2D eigenvalue weighted by atomic mass is 16.5. The molecule has 0 aromatic rings. The zero-order valence-electron chi connectivity index (χ0n) is 8.99. The van der Waals surface area contributed by atoms with Crippen molar-refractivity contribution in [3.8, 4) is 0 Å². The van der Waals surface area contributed by atoms with Crippen LogP contribution in [0.5, 0.6) is 0 Å². The predicted octanol–water partition coefficient (Wildman–Crippen LogP) is 2.21. The van der Waals surface area contributed by atoms with Crippen LogP contribution < -0.4 is 0 Å². The zero-order valence-corrected chi connectivity index (χ0v) is 8.99. The minimum absolute atomic E-state index is 0.141. The summed E-state index contributed by atoms with van der Waals surface area (Å²) in [4.78, 5) is 0. The van der Waals surface area contributed by atoms with Gasteiger partial charge in [-0.15, -0.1) is 0 Å². The largest absolute Gasteiger partial charge is 0.393 e. The average molecular weight is 186 g/mol. The van der Waals surface area contributed by atoms with Crippen molar-refractivity contribution in [3.05, 3.63) is 0 Å². The molecule has 0 aromatic heterocycles. The Balaban J connectivity index is 2.41. The molecule has 0 bridgehead atoms. The second-order valence-corrected chi connectivity index (χ2v) is 4.42. The van der Waals surface area contributed by atoms with Crippen molar-refractivity contribution in [1.29, 1.82) is 0 Å². The summed E-state index contributed by atoms with van der Waals surface area (Å²) in [6, 6.07) is 0. The third kappa shape index (κ3) is 2.96. The van der Waals surface area contributed by atoms with Crippen molar-refractivity contribution in [2.75, 3.05) is 6.61 Å². The topological polar surface area (TPSA) is 29.5 Å². The van der Waals surface area contributed by atoms with E-state index >= 15 is 0 Å². The monoisotopic (exact) mass is 186 g/mol. The Labute approximate surface area is 81.3 Å². The molecule has 2 heteroatoms. The zero-order chi connectivity index (χ0) is 9.84. The lowest BCUT2D eigenvalue weighted by molar-refractivity contribution is -0.0551. The van der Waals surface area contributed by atoms with Gasteiger partial charge < -0.3 is 9.84 Å². The molecule has 0 aromatic carbocycles. The van der Waals surface area contributed by atoms with Crippen LogP contribution in [0.15, 0.2) is 0 Å². The standard InChI is InChI=1S/C11H22O2/c1-4-10-7-9(5-6-13-10)11(12)8(2)3/h8-12H,4-7H2,1-3H3. The minimum atomic E-state index is -0.141. The van der Waals surface area contributed by atoms with Crippen LogP contribution >= 0.6 is 0 Å². The van der Waals surface area contributed by atoms with E-state index in [-0.39, 0.29) is 6.10 Å². The number of aliphatic hydroxyl groups excluding tert-OH is 1. The number of rotatable bonds is 3. The lowest BCUT2D eigenvalue weighted by Gasteiger charge is -2.33. The maximum atomic E-state index is 9.91. The highest BCUT2D eigenvalue weighted by Gasteiger charge is 2.28. The molecule has 1 saturated heterocycles. The Morgan fingerprint density at radius 2 is 2.15 bits per heavy atom. The molecule has 13 heavy (non-hydrogen) atoms. The first-order valence-electron chi connectivity index (χ1n) is 5.44. The fourth-order valence-corrected chi connectivity index (χ4v) is 2.05. The van der Waals surface area contributed by atoms with Crippen molar-refractivity contribution in [2.24, 2.45) is 11.8 Å². The number of hydrogen-bond donors (Lipinski definition) is 1. The third-order valence-electron chi connectivity index (χ3n) is 3.03. The van der Waals surface area contributed by atoms with Gasteiger partial charge >= 0.3 is 0 Å². The molecule has 0 amide bonds. The van der Waals surface area contributed by atoms with Crippen LogP contribution in [0.3, 0.4) is 0 Å². The molecule has 0 saturated carbocycles. The average Bonchev–Trinajstić information content (AvgIpc) is 2.16. The maximum absolute atomic E-state index is 9.91. The van der Waals surface area contributed by atoms with E-state index < -0.39 is 0 Å². The Hall–Kier alpha value is -0.0800. The van der Waals surface area contributed by atoms with E-state index in [0.717, 1.165) is 25.9 Å². The van der Waals surface area contributed by atoms with Gasteiger partial charge in [0.05, 0.1) is 12.2 Å².